The van der Waals surface area contributed by atoms with E-state index in [-0.39, 0.29) is 0 Å². The molecule has 0 atom stereocenters. The van der Waals surface area contributed by atoms with Crippen LogP contribution in [0.4, 0.5) is 11.8 Å². The van der Waals surface area contributed by atoms with Crippen molar-refractivity contribution < 1.29 is 4.74 Å². The zero-order valence-electron chi connectivity index (χ0n) is 14.0. The number of nitrogens with zero attached hydrogens (tertiary/aromatic N) is 3. The summed E-state index contributed by atoms with van der Waals surface area (Å²) in [6, 6.07) is 6.33. The number of nitrogen functional groups attached to an aromatic ring is 1. The molecule has 3 heterocycles. The number of benzene rings is 1. The second-order valence-corrected chi connectivity index (χ2v) is 6.39. The Morgan fingerprint density at radius 3 is 2.88 bits per heavy atom. The van der Waals surface area contributed by atoms with E-state index in [2.05, 4.69) is 32.3 Å². The van der Waals surface area contributed by atoms with Gasteiger partial charge >= 0.3 is 0 Å². The lowest BCUT2D eigenvalue weighted by molar-refractivity contribution is 0.413. The Labute approximate surface area is 142 Å². The van der Waals surface area contributed by atoms with Gasteiger partial charge in [-0.15, -0.1) is 0 Å². The van der Waals surface area contributed by atoms with Gasteiger partial charge in [-0.3, -0.25) is 0 Å². The normalized spacial score (nSPS) is 17.0. The van der Waals surface area contributed by atoms with E-state index in [1.165, 1.54) is 16.7 Å². The summed E-state index contributed by atoms with van der Waals surface area (Å²) in [7, 11) is 1.71. The summed E-state index contributed by atoms with van der Waals surface area (Å²) < 4.78 is 5.34. The van der Waals surface area contributed by atoms with Gasteiger partial charge in [-0.1, -0.05) is 6.07 Å². The number of hydrogen-bond donors (Lipinski definition) is 2. The van der Waals surface area contributed by atoms with Gasteiger partial charge in [0.25, 0.3) is 0 Å². The van der Waals surface area contributed by atoms with Crippen molar-refractivity contribution in [3.05, 3.63) is 40.6 Å². The molecule has 0 spiro atoms. The molecule has 0 radical (unpaired) electrons. The molecule has 2 aliphatic rings. The van der Waals surface area contributed by atoms with Crippen molar-refractivity contribution in [2.75, 3.05) is 37.4 Å². The van der Waals surface area contributed by atoms with Crippen LogP contribution in [-0.4, -0.2) is 36.7 Å². The Balaban J connectivity index is 1.68. The fraction of sp³-hybridized carbons (Fsp3) is 0.444. The molecule has 126 valence electrons. The number of methoxy groups -OCH3 is 1. The minimum Gasteiger partial charge on any atom is -0.497 e. The summed E-state index contributed by atoms with van der Waals surface area (Å²) in [5.74, 6) is 2.32. The maximum atomic E-state index is 5.99. The van der Waals surface area contributed by atoms with Gasteiger partial charge in [-0.05, 0) is 42.6 Å². The van der Waals surface area contributed by atoms with E-state index in [4.69, 9.17) is 10.5 Å². The first kappa shape index (κ1) is 15.2. The summed E-state index contributed by atoms with van der Waals surface area (Å²) in [5.41, 5.74) is 11.0. The van der Waals surface area contributed by atoms with Gasteiger partial charge in [-0.2, -0.15) is 4.98 Å². The molecular formula is C18H23N5O. The molecule has 4 rings (SSSR count). The van der Waals surface area contributed by atoms with Crippen LogP contribution in [0.2, 0.25) is 0 Å². The van der Waals surface area contributed by atoms with E-state index < -0.39 is 0 Å². The van der Waals surface area contributed by atoms with Gasteiger partial charge in [0.05, 0.1) is 12.8 Å². The molecule has 0 amide bonds. The molecule has 1 aromatic heterocycles. The molecule has 0 saturated heterocycles. The first-order valence-corrected chi connectivity index (χ1v) is 8.51. The number of nitrogens with two attached hydrogens (primary N) is 1. The SMILES string of the molecule is COc1ccc2c(c1)CCN(c1nc(N)nc3c1CCNCC3)C2. The van der Waals surface area contributed by atoms with Crippen molar-refractivity contribution in [3.8, 4) is 5.75 Å². The number of anilines is 2. The fourth-order valence-electron chi connectivity index (χ4n) is 3.64. The Kier molecular flexibility index (Phi) is 3.98. The first-order valence-electron chi connectivity index (χ1n) is 8.51. The van der Waals surface area contributed by atoms with Gasteiger partial charge in [0.2, 0.25) is 5.95 Å². The largest absolute Gasteiger partial charge is 0.497 e. The van der Waals surface area contributed by atoms with E-state index in [1.807, 2.05) is 6.07 Å². The number of ether oxygens (including phenoxy) is 1. The number of rotatable bonds is 2. The van der Waals surface area contributed by atoms with E-state index in [0.717, 1.165) is 62.7 Å². The quantitative estimate of drug-likeness (QED) is 0.867. The minimum atomic E-state index is 0.381. The van der Waals surface area contributed by atoms with Crippen LogP contribution in [0.5, 0.6) is 5.75 Å². The Hall–Kier alpha value is -2.34. The monoisotopic (exact) mass is 325 g/mol. The third kappa shape index (κ3) is 2.78. The van der Waals surface area contributed by atoms with Gasteiger partial charge in [0.1, 0.15) is 11.6 Å². The average molecular weight is 325 g/mol. The van der Waals surface area contributed by atoms with Gasteiger partial charge in [0.15, 0.2) is 0 Å². The molecule has 24 heavy (non-hydrogen) atoms. The van der Waals surface area contributed by atoms with E-state index in [1.54, 1.807) is 7.11 Å². The lowest BCUT2D eigenvalue weighted by Gasteiger charge is -2.31. The second-order valence-electron chi connectivity index (χ2n) is 6.39. The number of aromatic nitrogens is 2. The molecule has 2 aromatic rings. The molecular weight excluding hydrogens is 302 g/mol. The average Bonchev–Trinajstić information content (AvgIpc) is 2.85. The predicted octanol–water partition coefficient (Wildman–Crippen LogP) is 1.32. The van der Waals surface area contributed by atoms with Gasteiger partial charge in [0, 0.05) is 31.6 Å². The molecule has 0 aliphatic carbocycles. The smallest absolute Gasteiger partial charge is 0.222 e. The molecule has 0 saturated carbocycles. The van der Waals surface area contributed by atoms with Gasteiger partial charge in [-0.25, -0.2) is 4.98 Å². The van der Waals surface area contributed by atoms with Crippen LogP contribution in [0, 0.1) is 0 Å². The van der Waals surface area contributed by atoms with Crippen LogP contribution in [0.25, 0.3) is 0 Å². The highest BCUT2D eigenvalue weighted by atomic mass is 16.5. The lowest BCUT2D eigenvalue weighted by atomic mass is 9.98. The molecule has 2 aliphatic heterocycles. The zero-order valence-corrected chi connectivity index (χ0v) is 14.0. The predicted molar refractivity (Wildman–Crippen MR) is 94.5 cm³/mol. The van der Waals surface area contributed by atoms with Crippen LogP contribution in [0.15, 0.2) is 18.2 Å². The van der Waals surface area contributed by atoms with Crippen molar-refractivity contribution in [2.45, 2.75) is 25.8 Å². The Morgan fingerprint density at radius 1 is 1.12 bits per heavy atom. The summed E-state index contributed by atoms with van der Waals surface area (Å²) in [6.07, 6.45) is 2.86. The zero-order chi connectivity index (χ0) is 16.5. The Bertz CT molecular complexity index is 761. The third-order valence-corrected chi connectivity index (χ3v) is 4.90. The lowest BCUT2D eigenvalue weighted by Crippen LogP contribution is -2.32. The Morgan fingerprint density at radius 2 is 2.00 bits per heavy atom. The number of hydrogen-bond acceptors (Lipinski definition) is 6. The standard InChI is InChI=1S/C18H23N5O/c1-24-14-3-2-13-11-23(9-6-12(13)10-14)17-15-4-7-20-8-5-16(15)21-18(19)22-17/h2-3,10,20H,4-9,11H2,1H3,(H2,19,21,22). The number of fused-ring (bicyclic) bond motifs is 2. The van der Waals surface area contributed by atoms with Gasteiger partial charge < -0.3 is 20.7 Å². The first-order chi connectivity index (χ1) is 11.7. The van der Waals surface area contributed by atoms with Crippen molar-refractivity contribution in [3.63, 3.8) is 0 Å². The van der Waals surface area contributed by atoms with Crippen molar-refractivity contribution >= 4 is 11.8 Å². The highest BCUT2D eigenvalue weighted by Crippen LogP contribution is 2.30. The highest BCUT2D eigenvalue weighted by Gasteiger charge is 2.24. The molecule has 0 fully saturated rings. The van der Waals surface area contributed by atoms with Crippen LogP contribution in [-0.2, 0) is 25.8 Å². The van der Waals surface area contributed by atoms with E-state index in [0.29, 0.717) is 5.95 Å². The summed E-state index contributed by atoms with van der Waals surface area (Å²) >= 11 is 0. The van der Waals surface area contributed by atoms with Crippen molar-refractivity contribution in [2.24, 2.45) is 0 Å². The molecule has 6 nitrogen and oxygen atoms in total. The molecule has 3 N–H and O–H groups in total. The summed E-state index contributed by atoms with van der Waals surface area (Å²) in [4.78, 5) is 11.4. The maximum absolute atomic E-state index is 5.99. The number of nitrogens with one attached hydrogen (secondary N) is 1. The second kappa shape index (κ2) is 6.28. The third-order valence-electron chi connectivity index (χ3n) is 4.90. The van der Waals surface area contributed by atoms with Crippen LogP contribution in [0.1, 0.15) is 22.4 Å². The highest BCUT2D eigenvalue weighted by molar-refractivity contribution is 5.55. The molecule has 0 unspecified atom stereocenters. The molecule has 0 bridgehead atoms. The molecule has 6 heteroatoms. The topological polar surface area (TPSA) is 76.3 Å². The van der Waals surface area contributed by atoms with Crippen LogP contribution < -0.4 is 20.7 Å². The van der Waals surface area contributed by atoms with Crippen molar-refractivity contribution in [1.29, 1.82) is 0 Å². The van der Waals surface area contributed by atoms with E-state index in [9.17, 15) is 0 Å². The van der Waals surface area contributed by atoms with Crippen LogP contribution >= 0.6 is 0 Å². The van der Waals surface area contributed by atoms with Crippen LogP contribution in [0.3, 0.4) is 0 Å². The fourth-order valence-corrected chi connectivity index (χ4v) is 3.64. The maximum Gasteiger partial charge on any atom is 0.222 e. The van der Waals surface area contributed by atoms with E-state index >= 15 is 0 Å². The van der Waals surface area contributed by atoms with Crippen molar-refractivity contribution in [1.82, 2.24) is 15.3 Å². The minimum absolute atomic E-state index is 0.381. The summed E-state index contributed by atoms with van der Waals surface area (Å²) in [5, 5.41) is 3.43. The summed E-state index contributed by atoms with van der Waals surface area (Å²) in [6.45, 7) is 3.71. The molecule has 1 aromatic carbocycles.